The van der Waals surface area contributed by atoms with E-state index in [1.165, 1.54) is 0 Å². The summed E-state index contributed by atoms with van der Waals surface area (Å²) in [4.78, 5) is 11.5. The highest BCUT2D eigenvalue weighted by Crippen LogP contribution is 2.15. The minimum Gasteiger partial charge on any atom is -0.344 e. The van der Waals surface area contributed by atoms with Crippen molar-refractivity contribution >= 4 is 5.91 Å². The number of carbonyl (C=O) groups is 1. The zero-order valence-corrected chi connectivity index (χ0v) is 7.97. The lowest BCUT2D eigenvalue weighted by molar-refractivity contribution is -0.124. The monoisotopic (exact) mass is 180 g/mol. The zero-order chi connectivity index (χ0) is 9.68. The molecule has 0 radical (unpaired) electrons. The fourth-order valence-corrected chi connectivity index (χ4v) is 1.65. The SMILES string of the molecule is C#CCNC(=O)C1NCCCC1C. The second-order valence-electron chi connectivity index (χ2n) is 3.47. The number of hydrogen-bond acceptors (Lipinski definition) is 2. The van der Waals surface area contributed by atoms with E-state index in [9.17, 15) is 4.79 Å². The average molecular weight is 180 g/mol. The summed E-state index contributed by atoms with van der Waals surface area (Å²) in [6.45, 7) is 3.34. The van der Waals surface area contributed by atoms with Crippen molar-refractivity contribution in [3.05, 3.63) is 0 Å². The highest BCUT2D eigenvalue weighted by Gasteiger charge is 2.26. The molecule has 1 heterocycles. The summed E-state index contributed by atoms with van der Waals surface area (Å²) in [5, 5.41) is 5.89. The molecule has 72 valence electrons. The Hall–Kier alpha value is -1.01. The van der Waals surface area contributed by atoms with Crippen LogP contribution >= 0.6 is 0 Å². The van der Waals surface area contributed by atoms with Crippen molar-refractivity contribution in [2.24, 2.45) is 5.92 Å². The van der Waals surface area contributed by atoms with Crippen LogP contribution in [0.2, 0.25) is 0 Å². The predicted molar refractivity (Wildman–Crippen MR) is 52.0 cm³/mol. The molecule has 0 spiro atoms. The lowest BCUT2D eigenvalue weighted by Gasteiger charge is -2.28. The number of piperidine rings is 1. The number of hydrogen-bond donors (Lipinski definition) is 2. The van der Waals surface area contributed by atoms with Gasteiger partial charge in [0.05, 0.1) is 12.6 Å². The van der Waals surface area contributed by atoms with Gasteiger partial charge in [0.25, 0.3) is 0 Å². The van der Waals surface area contributed by atoms with Crippen molar-refractivity contribution in [2.45, 2.75) is 25.8 Å². The van der Waals surface area contributed by atoms with Gasteiger partial charge in [-0.2, -0.15) is 0 Å². The molecular weight excluding hydrogens is 164 g/mol. The summed E-state index contributed by atoms with van der Waals surface area (Å²) in [6, 6.07) is -0.0536. The van der Waals surface area contributed by atoms with Crippen LogP contribution in [-0.4, -0.2) is 25.0 Å². The molecule has 1 fully saturated rings. The Kier molecular flexibility index (Phi) is 3.78. The fourth-order valence-electron chi connectivity index (χ4n) is 1.65. The molecule has 0 aromatic rings. The molecule has 3 nitrogen and oxygen atoms in total. The molecular formula is C10H16N2O. The molecule has 2 unspecified atom stereocenters. The maximum Gasteiger partial charge on any atom is 0.238 e. The van der Waals surface area contributed by atoms with Crippen LogP contribution in [0.3, 0.4) is 0 Å². The standard InChI is InChI=1S/C10H16N2O/c1-3-6-12-10(13)9-8(2)5-4-7-11-9/h1,8-9,11H,4-7H2,2H3,(H,12,13). The van der Waals surface area contributed by atoms with Gasteiger partial charge in [0.2, 0.25) is 5.91 Å². The van der Waals surface area contributed by atoms with Gasteiger partial charge in [0.1, 0.15) is 0 Å². The summed E-state index contributed by atoms with van der Waals surface area (Å²) in [5.41, 5.74) is 0. The van der Waals surface area contributed by atoms with Gasteiger partial charge in [0, 0.05) is 0 Å². The molecule has 2 atom stereocenters. The highest BCUT2D eigenvalue weighted by molar-refractivity contribution is 5.82. The fraction of sp³-hybridized carbons (Fsp3) is 0.700. The number of nitrogens with one attached hydrogen (secondary N) is 2. The molecule has 2 N–H and O–H groups in total. The second kappa shape index (κ2) is 4.88. The Labute approximate surface area is 79.3 Å². The van der Waals surface area contributed by atoms with Crippen LogP contribution in [0.5, 0.6) is 0 Å². The van der Waals surface area contributed by atoms with Gasteiger partial charge in [0.15, 0.2) is 0 Å². The summed E-state index contributed by atoms with van der Waals surface area (Å²) < 4.78 is 0. The summed E-state index contributed by atoms with van der Waals surface area (Å²) >= 11 is 0. The number of carbonyl (C=O) groups excluding carboxylic acids is 1. The van der Waals surface area contributed by atoms with Gasteiger partial charge in [-0.25, -0.2) is 0 Å². The maximum absolute atomic E-state index is 11.5. The third-order valence-corrected chi connectivity index (χ3v) is 2.42. The van der Waals surface area contributed by atoms with E-state index in [-0.39, 0.29) is 11.9 Å². The van der Waals surface area contributed by atoms with Crippen LogP contribution in [0.1, 0.15) is 19.8 Å². The lowest BCUT2D eigenvalue weighted by atomic mass is 9.92. The van der Waals surface area contributed by atoms with Crippen molar-refractivity contribution in [1.29, 1.82) is 0 Å². The molecule has 0 aromatic carbocycles. The van der Waals surface area contributed by atoms with E-state index in [1.54, 1.807) is 0 Å². The molecule has 0 aliphatic carbocycles. The Bertz CT molecular complexity index is 219. The molecule has 1 aliphatic heterocycles. The summed E-state index contributed by atoms with van der Waals surface area (Å²) in [6.07, 6.45) is 7.32. The largest absolute Gasteiger partial charge is 0.344 e. The molecule has 1 amide bonds. The van der Waals surface area contributed by atoms with Gasteiger partial charge in [-0.05, 0) is 25.3 Å². The molecule has 0 saturated carbocycles. The van der Waals surface area contributed by atoms with Crippen molar-refractivity contribution in [3.63, 3.8) is 0 Å². The topological polar surface area (TPSA) is 41.1 Å². The van der Waals surface area contributed by atoms with Gasteiger partial charge < -0.3 is 10.6 Å². The van der Waals surface area contributed by atoms with E-state index in [0.29, 0.717) is 12.5 Å². The van der Waals surface area contributed by atoms with Crippen molar-refractivity contribution in [1.82, 2.24) is 10.6 Å². The Balaban J connectivity index is 2.40. The van der Waals surface area contributed by atoms with Crippen LogP contribution in [0.4, 0.5) is 0 Å². The summed E-state index contributed by atoms with van der Waals surface area (Å²) in [5.74, 6) is 2.83. The second-order valence-corrected chi connectivity index (χ2v) is 3.47. The average Bonchev–Trinajstić information content (AvgIpc) is 2.15. The first-order valence-electron chi connectivity index (χ1n) is 4.70. The maximum atomic E-state index is 11.5. The number of terminal acetylenes is 1. The van der Waals surface area contributed by atoms with Crippen LogP contribution in [0.25, 0.3) is 0 Å². The third-order valence-electron chi connectivity index (χ3n) is 2.42. The minimum atomic E-state index is -0.0536. The van der Waals surface area contributed by atoms with E-state index in [1.807, 2.05) is 0 Å². The van der Waals surface area contributed by atoms with E-state index in [2.05, 4.69) is 23.5 Å². The third kappa shape index (κ3) is 2.74. The Morgan fingerprint density at radius 2 is 2.54 bits per heavy atom. The first-order chi connectivity index (χ1) is 6.25. The Morgan fingerprint density at radius 1 is 1.77 bits per heavy atom. The van der Waals surface area contributed by atoms with Crippen LogP contribution in [0, 0.1) is 18.3 Å². The minimum absolute atomic E-state index is 0.0325. The zero-order valence-electron chi connectivity index (χ0n) is 7.97. The van der Waals surface area contributed by atoms with Crippen LogP contribution in [-0.2, 0) is 4.79 Å². The molecule has 1 saturated heterocycles. The predicted octanol–water partition coefficient (Wildman–Crippen LogP) is 0.124. The molecule has 1 rings (SSSR count). The summed E-state index contributed by atoms with van der Waals surface area (Å²) in [7, 11) is 0. The molecule has 0 aromatic heterocycles. The Morgan fingerprint density at radius 3 is 3.15 bits per heavy atom. The van der Waals surface area contributed by atoms with Gasteiger partial charge in [-0.15, -0.1) is 6.42 Å². The van der Waals surface area contributed by atoms with E-state index < -0.39 is 0 Å². The molecule has 1 aliphatic rings. The first kappa shape index (κ1) is 10.1. The van der Waals surface area contributed by atoms with E-state index in [0.717, 1.165) is 19.4 Å². The lowest BCUT2D eigenvalue weighted by Crippen LogP contribution is -2.50. The van der Waals surface area contributed by atoms with Crippen molar-refractivity contribution < 1.29 is 4.79 Å². The number of rotatable bonds is 2. The van der Waals surface area contributed by atoms with E-state index in [4.69, 9.17) is 6.42 Å². The van der Waals surface area contributed by atoms with Gasteiger partial charge in [-0.3, -0.25) is 4.79 Å². The van der Waals surface area contributed by atoms with Crippen LogP contribution < -0.4 is 10.6 Å². The molecule has 3 heteroatoms. The highest BCUT2D eigenvalue weighted by atomic mass is 16.2. The smallest absolute Gasteiger partial charge is 0.238 e. The van der Waals surface area contributed by atoms with Crippen LogP contribution in [0.15, 0.2) is 0 Å². The quantitative estimate of drug-likeness (QED) is 0.593. The molecule has 0 bridgehead atoms. The van der Waals surface area contributed by atoms with Gasteiger partial charge in [-0.1, -0.05) is 12.8 Å². The van der Waals surface area contributed by atoms with E-state index >= 15 is 0 Å². The first-order valence-corrected chi connectivity index (χ1v) is 4.70. The number of amides is 1. The normalized spacial score (nSPS) is 27.7. The molecule has 13 heavy (non-hydrogen) atoms. The van der Waals surface area contributed by atoms with Crippen molar-refractivity contribution in [3.8, 4) is 12.3 Å². The van der Waals surface area contributed by atoms with Gasteiger partial charge >= 0.3 is 0 Å². The van der Waals surface area contributed by atoms with Crippen molar-refractivity contribution in [2.75, 3.05) is 13.1 Å².